The molecular weight excluding hydrogens is 384 g/mol. The number of rotatable bonds is 4. The molecule has 0 spiro atoms. The number of nitrogens with zero attached hydrogens (tertiary/aromatic N) is 2. The summed E-state index contributed by atoms with van der Waals surface area (Å²) in [5.74, 6) is -0.541. The molecule has 1 aromatic heterocycles. The van der Waals surface area contributed by atoms with E-state index in [-0.39, 0.29) is 5.91 Å². The zero-order valence-corrected chi connectivity index (χ0v) is 15.9. The van der Waals surface area contributed by atoms with Crippen molar-refractivity contribution in [3.8, 4) is 0 Å². The van der Waals surface area contributed by atoms with E-state index in [1.54, 1.807) is 29.2 Å². The van der Waals surface area contributed by atoms with Crippen molar-refractivity contribution in [2.24, 2.45) is 11.1 Å². The molecule has 0 saturated carbocycles. The van der Waals surface area contributed by atoms with Crippen LogP contribution in [0.1, 0.15) is 15.9 Å². The van der Waals surface area contributed by atoms with Gasteiger partial charge in [-0.05, 0) is 42.3 Å². The number of amides is 2. The van der Waals surface area contributed by atoms with Crippen molar-refractivity contribution in [2.75, 3.05) is 18.8 Å². The van der Waals surface area contributed by atoms with Gasteiger partial charge in [-0.3, -0.25) is 9.59 Å². The fraction of sp³-hybridized carbons (Fsp3) is 0.211. The van der Waals surface area contributed by atoms with Gasteiger partial charge in [-0.25, -0.2) is 4.98 Å². The number of carbonyl (C=O) groups is 2. The standard InChI is InChI=1S/C19H17ClN4O2S/c20-13-4-1-11(2-5-13)8-19(17(21)26)9-24(10-19)16(25)12-3-6-15-14(7-12)23-18(22)27-15/h1-7H,8-10H2,(H2,21,26)(H2,22,23). The highest BCUT2D eigenvalue weighted by Gasteiger charge is 2.49. The molecule has 4 N–H and O–H groups in total. The molecule has 6 nitrogen and oxygen atoms in total. The van der Waals surface area contributed by atoms with Crippen LogP contribution in [0.25, 0.3) is 10.2 Å². The molecule has 2 aromatic carbocycles. The lowest BCUT2D eigenvalue weighted by molar-refractivity contribution is -0.135. The largest absolute Gasteiger partial charge is 0.375 e. The maximum Gasteiger partial charge on any atom is 0.253 e. The van der Waals surface area contributed by atoms with Gasteiger partial charge >= 0.3 is 0 Å². The monoisotopic (exact) mass is 400 g/mol. The number of benzene rings is 2. The van der Waals surface area contributed by atoms with Gasteiger partial charge in [-0.1, -0.05) is 35.1 Å². The second-order valence-electron chi connectivity index (χ2n) is 6.84. The van der Waals surface area contributed by atoms with Gasteiger partial charge in [0.2, 0.25) is 5.91 Å². The third-order valence-electron chi connectivity index (χ3n) is 4.90. The highest BCUT2D eigenvalue weighted by molar-refractivity contribution is 7.22. The minimum absolute atomic E-state index is 0.142. The van der Waals surface area contributed by atoms with Gasteiger partial charge < -0.3 is 16.4 Å². The van der Waals surface area contributed by atoms with E-state index < -0.39 is 11.3 Å². The highest BCUT2D eigenvalue weighted by atomic mass is 35.5. The number of nitrogens with two attached hydrogens (primary N) is 2. The number of primary amides is 1. The van der Waals surface area contributed by atoms with E-state index in [4.69, 9.17) is 23.1 Å². The van der Waals surface area contributed by atoms with Gasteiger partial charge in [0.25, 0.3) is 5.91 Å². The van der Waals surface area contributed by atoms with Crippen LogP contribution in [-0.2, 0) is 11.2 Å². The molecule has 8 heteroatoms. The number of fused-ring (bicyclic) bond motifs is 1. The van der Waals surface area contributed by atoms with E-state index >= 15 is 0 Å². The van der Waals surface area contributed by atoms with Gasteiger partial charge in [-0.2, -0.15) is 0 Å². The summed E-state index contributed by atoms with van der Waals surface area (Å²) >= 11 is 7.29. The quantitative estimate of drug-likeness (QED) is 0.702. The first-order chi connectivity index (χ1) is 12.9. The number of nitrogen functional groups attached to an aromatic ring is 1. The molecule has 1 saturated heterocycles. The van der Waals surface area contributed by atoms with Crippen LogP contribution in [0.4, 0.5) is 5.13 Å². The van der Waals surface area contributed by atoms with Gasteiger partial charge in [0.05, 0.1) is 15.6 Å². The number of hydrogen-bond acceptors (Lipinski definition) is 5. The maximum absolute atomic E-state index is 12.8. The Hall–Kier alpha value is -2.64. The van der Waals surface area contributed by atoms with Crippen molar-refractivity contribution < 1.29 is 9.59 Å². The summed E-state index contributed by atoms with van der Waals surface area (Å²) in [6, 6.07) is 12.6. The van der Waals surface area contributed by atoms with Crippen molar-refractivity contribution in [3.63, 3.8) is 0 Å². The first kappa shape index (κ1) is 17.8. The van der Waals surface area contributed by atoms with E-state index in [2.05, 4.69) is 4.98 Å². The molecule has 2 heterocycles. The molecule has 1 aliphatic heterocycles. The van der Waals surface area contributed by atoms with Crippen molar-refractivity contribution in [3.05, 3.63) is 58.6 Å². The zero-order valence-electron chi connectivity index (χ0n) is 14.3. The average molecular weight is 401 g/mol. The van der Waals surface area contributed by atoms with E-state index in [0.717, 1.165) is 10.3 Å². The summed E-state index contributed by atoms with van der Waals surface area (Å²) in [6.45, 7) is 0.585. The Bertz CT molecular complexity index is 1040. The van der Waals surface area contributed by atoms with E-state index in [0.29, 0.717) is 40.7 Å². The second kappa shape index (κ2) is 6.51. The van der Waals surface area contributed by atoms with Crippen molar-refractivity contribution in [1.29, 1.82) is 0 Å². The molecular formula is C19H17ClN4O2S. The lowest BCUT2D eigenvalue weighted by Gasteiger charge is -2.48. The Morgan fingerprint density at radius 2 is 1.89 bits per heavy atom. The smallest absolute Gasteiger partial charge is 0.253 e. The normalized spacial score (nSPS) is 15.5. The third-order valence-corrected chi connectivity index (χ3v) is 6.02. The minimum atomic E-state index is -0.751. The van der Waals surface area contributed by atoms with Gasteiger partial charge in [0.15, 0.2) is 5.13 Å². The van der Waals surface area contributed by atoms with Gasteiger partial charge in [0, 0.05) is 23.7 Å². The number of anilines is 1. The summed E-state index contributed by atoms with van der Waals surface area (Å²) in [6.07, 6.45) is 0.477. The highest BCUT2D eigenvalue weighted by Crippen LogP contribution is 2.36. The van der Waals surface area contributed by atoms with Crippen LogP contribution in [0.3, 0.4) is 0 Å². The number of hydrogen-bond donors (Lipinski definition) is 2. The molecule has 1 fully saturated rings. The molecule has 0 aliphatic carbocycles. The van der Waals surface area contributed by atoms with E-state index in [1.165, 1.54) is 11.3 Å². The van der Waals surface area contributed by atoms with Gasteiger partial charge in [-0.15, -0.1) is 0 Å². The number of aromatic nitrogens is 1. The van der Waals surface area contributed by atoms with Crippen molar-refractivity contribution in [2.45, 2.75) is 6.42 Å². The van der Waals surface area contributed by atoms with Crippen LogP contribution in [0.15, 0.2) is 42.5 Å². The molecule has 2 amide bonds. The predicted octanol–water partition coefficient (Wildman–Crippen LogP) is 2.70. The number of likely N-dealkylation sites (tertiary alicyclic amines) is 1. The fourth-order valence-electron chi connectivity index (χ4n) is 3.44. The first-order valence-corrected chi connectivity index (χ1v) is 9.55. The Kier molecular flexibility index (Phi) is 4.28. The molecule has 1 aliphatic rings. The van der Waals surface area contributed by atoms with Crippen molar-refractivity contribution in [1.82, 2.24) is 9.88 Å². The first-order valence-electron chi connectivity index (χ1n) is 8.36. The molecule has 3 aromatic rings. The molecule has 27 heavy (non-hydrogen) atoms. The summed E-state index contributed by atoms with van der Waals surface area (Å²) in [5.41, 5.74) is 12.8. The minimum Gasteiger partial charge on any atom is -0.375 e. The number of halogens is 1. The topological polar surface area (TPSA) is 102 Å². The van der Waals surface area contributed by atoms with E-state index in [9.17, 15) is 9.59 Å². The number of thiazole rings is 1. The van der Waals surface area contributed by atoms with E-state index in [1.807, 2.05) is 18.2 Å². The molecule has 0 atom stereocenters. The van der Waals surface area contributed by atoms with Crippen LogP contribution in [0.5, 0.6) is 0 Å². The summed E-state index contributed by atoms with van der Waals surface area (Å²) in [7, 11) is 0. The molecule has 138 valence electrons. The summed E-state index contributed by atoms with van der Waals surface area (Å²) in [4.78, 5) is 30.7. The Balaban J connectivity index is 1.51. The fourth-order valence-corrected chi connectivity index (χ4v) is 4.28. The Morgan fingerprint density at radius 3 is 2.56 bits per heavy atom. The Labute approximate surface area is 164 Å². The lowest BCUT2D eigenvalue weighted by Crippen LogP contribution is -2.64. The van der Waals surface area contributed by atoms with Crippen LogP contribution in [0, 0.1) is 5.41 Å². The van der Waals surface area contributed by atoms with Gasteiger partial charge in [0.1, 0.15) is 0 Å². The van der Waals surface area contributed by atoms with Crippen LogP contribution < -0.4 is 11.5 Å². The molecule has 4 rings (SSSR count). The summed E-state index contributed by atoms with van der Waals surface area (Å²) in [5, 5.41) is 1.10. The second-order valence-corrected chi connectivity index (χ2v) is 8.34. The maximum atomic E-state index is 12.8. The SMILES string of the molecule is NC(=O)C1(Cc2ccc(Cl)cc2)CN(C(=O)c2ccc3sc(N)nc3c2)C1. The molecule has 0 radical (unpaired) electrons. The molecule has 0 bridgehead atoms. The average Bonchev–Trinajstić information content (AvgIpc) is 2.97. The third kappa shape index (κ3) is 3.24. The predicted molar refractivity (Wildman–Crippen MR) is 107 cm³/mol. The Morgan fingerprint density at radius 1 is 1.19 bits per heavy atom. The number of carbonyl (C=O) groups excluding carboxylic acids is 2. The summed E-state index contributed by atoms with van der Waals surface area (Å²) < 4.78 is 0.932. The zero-order chi connectivity index (χ0) is 19.2. The lowest BCUT2D eigenvalue weighted by atomic mass is 9.74. The van der Waals surface area contributed by atoms with Crippen LogP contribution >= 0.6 is 22.9 Å². The van der Waals surface area contributed by atoms with Crippen LogP contribution in [-0.4, -0.2) is 34.8 Å². The molecule has 0 unspecified atom stereocenters. The van der Waals surface area contributed by atoms with Crippen molar-refractivity contribution >= 4 is 50.1 Å². The van der Waals surface area contributed by atoms with Crippen LogP contribution in [0.2, 0.25) is 5.02 Å².